The lowest BCUT2D eigenvalue weighted by atomic mass is 10.3. The molecule has 1 aromatic carbocycles. The standard InChI is InChI=1S/C11H14BrClO4S/c1-16-9-4-5-11(10(12)8-9)17-6-2-3-7-18(13,14)15/h4-5,8H,2-3,6-7H2,1H3. The third-order valence-electron chi connectivity index (χ3n) is 2.18. The van der Waals surface area contributed by atoms with Crippen molar-refractivity contribution in [2.75, 3.05) is 19.5 Å². The molecule has 1 aromatic rings. The average molecular weight is 358 g/mol. The molecule has 0 unspecified atom stereocenters. The molecule has 0 heterocycles. The van der Waals surface area contributed by atoms with Gasteiger partial charge in [0.25, 0.3) is 0 Å². The number of methoxy groups -OCH3 is 1. The summed E-state index contributed by atoms with van der Waals surface area (Å²) in [6.07, 6.45) is 1.12. The molecule has 0 aliphatic rings. The topological polar surface area (TPSA) is 52.6 Å². The zero-order chi connectivity index (χ0) is 13.6. The van der Waals surface area contributed by atoms with Gasteiger partial charge in [-0.3, -0.25) is 0 Å². The van der Waals surface area contributed by atoms with E-state index < -0.39 is 9.05 Å². The molecule has 102 valence electrons. The molecular formula is C11H14BrClO4S. The fourth-order valence-corrected chi connectivity index (χ4v) is 2.63. The summed E-state index contributed by atoms with van der Waals surface area (Å²) < 4.78 is 32.8. The lowest BCUT2D eigenvalue weighted by Crippen LogP contribution is -2.02. The molecule has 0 N–H and O–H groups in total. The van der Waals surface area contributed by atoms with Crippen LogP contribution in [0.3, 0.4) is 0 Å². The number of benzene rings is 1. The van der Waals surface area contributed by atoms with Crippen molar-refractivity contribution in [3.05, 3.63) is 22.7 Å². The van der Waals surface area contributed by atoms with E-state index in [1.807, 2.05) is 0 Å². The number of rotatable bonds is 7. The van der Waals surface area contributed by atoms with Gasteiger partial charge in [-0.05, 0) is 47.0 Å². The van der Waals surface area contributed by atoms with Crippen LogP contribution in [0.25, 0.3) is 0 Å². The van der Waals surface area contributed by atoms with Crippen molar-refractivity contribution in [2.24, 2.45) is 0 Å². The first-order chi connectivity index (χ1) is 8.42. The van der Waals surface area contributed by atoms with E-state index in [9.17, 15) is 8.42 Å². The molecule has 0 saturated heterocycles. The van der Waals surface area contributed by atoms with E-state index in [1.165, 1.54) is 0 Å². The summed E-state index contributed by atoms with van der Waals surface area (Å²) in [4.78, 5) is 0. The van der Waals surface area contributed by atoms with Crippen LogP contribution in [0.15, 0.2) is 22.7 Å². The third kappa shape index (κ3) is 5.93. The minimum atomic E-state index is -3.40. The smallest absolute Gasteiger partial charge is 0.232 e. The van der Waals surface area contributed by atoms with Crippen molar-refractivity contribution >= 4 is 35.7 Å². The predicted molar refractivity (Wildman–Crippen MR) is 75.1 cm³/mol. The van der Waals surface area contributed by atoms with Gasteiger partial charge in [0.15, 0.2) is 0 Å². The number of halogens is 2. The summed E-state index contributed by atoms with van der Waals surface area (Å²) in [5, 5.41) is 0. The quantitative estimate of drug-likeness (QED) is 0.555. The van der Waals surface area contributed by atoms with Gasteiger partial charge >= 0.3 is 0 Å². The molecule has 7 heteroatoms. The zero-order valence-corrected chi connectivity index (χ0v) is 13.0. The van der Waals surface area contributed by atoms with Gasteiger partial charge in [-0.15, -0.1) is 0 Å². The molecule has 0 radical (unpaired) electrons. The number of hydrogen-bond acceptors (Lipinski definition) is 4. The summed E-state index contributed by atoms with van der Waals surface area (Å²) in [5.41, 5.74) is 0. The average Bonchev–Trinajstić information content (AvgIpc) is 2.29. The largest absolute Gasteiger partial charge is 0.497 e. The molecular weight excluding hydrogens is 344 g/mol. The van der Waals surface area contributed by atoms with Crippen LogP contribution in [-0.2, 0) is 9.05 Å². The Morgan fingerprint density at radius 3 is 2.61 bits per heavy atom. The monoisotopic (exact) mass is 356 g/mol. The molecule has 0 amide bonds. The van der Waals surface area contributed by atoms with E-state index in [0.29, 0.717) is 25.2 Å². The van der Waals surface area contributed by atoms with Crippen LogP contribution >= 0.6 is 26.6 Å². The van der Waals surface area contributed by atoms with Crippen LogP contribution < -0.4 is 9.47 Å². The molecule has 0 fully saturated rings. The van der Waals surface area contributed by atoms with Crippen molar-refractivity contribution in [3.8, 4) is 11.5 Å². The summed E-state index contributed by atoms with van der Waals surface area (Å²) >= 11 is 3.37. The minimum Gasteiger partial charge on any atom is -0.497 e. The normalized spacial score (nSPS) is 11.3. The van der Waals surface area contributed by atoms with E-state index in [0.717, 1.165) is 10.2 Å². The van der Waals surface area contributed by atoms with E-state index >= 15 is 0 Å². The molecule has 4 nitrogen and oxygen atoms in total. The van der Waals surface area contributed by atoms with Crippen LogP contribution in [0, 0.1) is 0 Å². The van der Waals surface area contributed by atoms with E-state index in [4.69, 9.17) is 20.2 Å². The van der Waals surface area contributed by atoms with Gasteiger partial charge in [-0.25, -0.2) is 8.42 Å². The van der Waals surface area contributed by atoms with Gasteiger partial charge in [0.05, 0.1) is 23.9 Å². The van der Waals surface area contributed by atoms with E-state index in [-0.39, 0.29) is 5.75 Å². The Kier molecular flexibility index (Phi) is 6.25. The zero-order valence-electron chi connectivity index (χ0n) is 9.86. The molecule has 0 saturated carbocycles. The Balaban J connectivity index is 2.36. The Hall–Kier alpha value is -0.460. The first-order valence-corrected chi connectivity index (χ1v) is 8.58. The maximum atomic E-state index is 10.7. The first-order valence-electron chi connectivity index (χ1n) is 5.31. The van der Waals surface area contributed by atoms with Crippen molar-refractivity contribution < 1.29 is 17.9 Å². The van der Waals surface area contributed by atoms with E-state index in [1.54, 1.807) is 25.3 Å². The van der Waals surface area contributed by atoms with Crippen molar-refractivity contribution in [3.63, 3.8) is 0 Å². The molecule has 0 aliphatic carbocycles. The second-order valence-electron chi connectivity index (χ2n) is 3.59. The Labute approximate surface area is 120 Å². The maximum Gasteiger partial charge on any atom is 0.232 e. The van der Waals surface area contributed by atoms with Crippen molar-refractivity contribution in [1.82, 2.24) is 0 Å². The summed E-state index contributed by atoms with van der Waals surface area (Å²) in [5.74, 6) is 1.41. The summed E-state index contributed by atoms with van der Waals surface area (Å²) in [6, 6.07) is 5.39. The van der Waals surface area contributed by atoms with E-state index in [2.05, 4.69) is 15.9 Å². The molecule has 0 aromatic heterocycles. The van der Waals surface area contributed by atoms with Crippen molar-refractivity contribution in [2.45, 2.75) is 12.8 Å². The van der Waals surface area contributed by atoms with Gasteiger partial charge in [-0.2, -0.15) is 0 Å². The highest BCUT2D eigenvalue weighted by molar-refractivity contribution is 9.10. The Bertz CT molecular complexity index is 490. The lowest BCUT2D eigenvalue weighted by molar-refractivity contribution is 0.307. The highest BCUT2D eigenvalue weighted by Crippen LogP contribution is 2.29. The van der Waals surface area contributed by atoms with Crippen LogP contribution in [0.4, 0.5) is 0 Å². The number of hydrogen-bond donors (Lipinski definition) is 0. The van der Waals surface area contributed by atoms with Gasteiger partial charge in [0.1, 0.15) is 11.5 Å². The highest BCUT2D eigenvalue weighted by atomic mass is 79.9. The predicted octanol–water partition coefficient (Wildman–Crippen LogP) is 3.19. The number of unbranched alkanes of at least 4 members (excludes halogenated alkanes) is 1. The van der Waals surface area contributed by atoms with Crippen LogP contribution in [0.1, 0.15) is 12.8 Å². The van der Waals surface area contributed by atoms with Gasteiger partial charge in [0.2, 0.25) is 9.05 Å². The molecule has 1 rings (SSSR count). The summed E-state index contributed by atoms with van der Waals surface area (Å²) in [7, 11) is 3.29. The molecule has 18 heavy (non-hydrogen) atoms. The SMILES string of the molecule is COc1ccc(OCCCCS(=O)(=O)Cl)c(Br)c1. The fraction of sp³-hybridized carbons (Fsp3) is 0.455. The maximum absolute atomic E-state index is 10.7. The Morgan fingerprint density at radius 2 is 2.06 bits per heavy atom. The van der Waals surface area contributed by atoms with Crippen LogP contribution in [-0.4, -0.2) is 27.9 Å². The van der Waals surface area contributed by atoms with Gasteiger partial charge in [-0.1, -0.05) is 0 Å². The van der Waals surface area contributed by atoms with Crippen LogP contribution in [0.5, 0.6) is 11.5 Å². The molecule has 0 atom stereocenters. The second kappa shape index (κ2) is 7.21. The fourth-order valence-electron chi connectivity index (χ4n) is 1.28. The van der Waals surface area contributed by atoms with Crippen LogP contribution in [0.2, 0.25) is 0 Å². The summed E-state index contributed by atoms with van der Waals surface area (Å²) in [6.45, 7) is 0.442. The lowest BCUT2D eigenvalue weighted by Gasteiger charge is -2.09. The second-order valence-corrected chi connectivity index (χ2v) is 7.35. The Morgan fingerprint density at radius 1 is 1.33 bits per heavy atom. The molecule has 0 bridgehead atoms. The molecule has 0 spiro atoms. The molecule has 0 aliphatic heterocycles. The van der Waals surface area contributed by atoms with Crippen molar-refractivity contribution in [1.29, 1.82) is 0 Å². The van der Waals surface area contributed by atoms with Gasteiger partial charge in [0, 0.05) is 10.7 Å². The number of ether oxygens (including phenoxy) is 2. The highest BCUT2D eigenvalue weighted by Gasteiger charge is 2.05. The van der Waals surface area contributed by atoms with Gasteiger partial charge < -0.3 is 9.47 Å². The third-order valence-corrected chi connectivity index (χ3v) is 4.04. The minimum absolute atomic E-state index is 0.0261. The first kappa shape index (κ1) is 15.6.